The van der Waals surface area contributed by atoms with Crippen LogP contribution in [-0.2, 0) is 6.42 Å². The van der Waals surface area contributed by atoms with Gasteiger partial charge in [-0.15, -0.1) is 0 Å². The lowest BCUT2D eigenvalue weighted by atomic mass is 10.1. The van der Waals surface area contributed by atoms with Crippen molar-refractivity contribution >= 4 is 29.1 Å². The van der Waals surface area contributed by atoms with Crippen LogP contribution in [-0.4, -0.2) is 31.6 Å². The summed E-state index contributed by atoms with van der Waals surface area (Å²) in [6, 6.07) is 12.1. The monoisotopic (exact) mass is 440 g/mol. The fourth-order valence-corrected chi connectivity index (χ4v) is 3.51. The second-order valence-corrected chi connectivity index (χ2v) is 7.48. The molecule has 0 aliphatic carbocycles. The Hall–Kier alpha value is -3.45. The summed E-state index contributed by atoms with van der Waals surface area (Å²) < 4.78 is 16.2. The second kappa shape index (κ2) is 9.14. The van der Waals surface area contributed by atoms with Crippen molar-refractivity contribution in [1.29, 1.82) is 0 Å². The molecule has 1 aromatic heterocycles. The van der Waals surface area contributed by atoms with Gasteiger partial charge in [0.15, 0.2) is 17.3 Å². The lowest BCUT2D eigenvalue weighted by Gasteiger charge is -2.20. The predicted octanol–water partition coefficient (Wildman–Crippen LogP) is 4.24. The third-order valence-electron chi connectivity index (χ3n) is 4.85. The first kappa shape index (κ1) is 20.8. The molecule has 0 unspecified atom stereocenters. The maximum atomic E-state index is 12.6. The molecule has 0 fully saturated rings. The second-order valence-electron chi connectivity index (χ2n) is 7.07. The van der Waals surface area contributed by atoms with E-state index in [4.69, 9.17) is 25.5 Å². The Morgan fingerprint density at radius 3 is 2.71 bits per heavy atom. The van der Waals surface area contributed by atoms with Crippen molar-refractivity contribution in [2.75, 3.05) is 25.1 Å². The minimum Gasteiger partial charge on any atom is -0.486 e. The number of amides is 2. The number of rotatable bonds is 6. The summed E-state index contributed by atoms with van der Waals surface area (Å²) in [5.41, 5.74) is 2.76. The Balaban J connectivity index is 1.38. The Morgan fingerprint density at radius 2 is 1.90 bits per heavy atom. The molecule has 4 rings (SSSR count). The molecule has 0 spiro atoms. The van der Waals surface area contributed by atoms with Gasteiger partial charge in [-0.05, 0) is 60.9 Å². The Morgan fingerprint density at radius 1 is 1.06 bits per heavy atom. The van der Waals surface area contributed by atoms with Crippen LogP contribution in [0.5, 0.6) is 11.5 Å². The first-order valence-corrected chi connectivity index (χ1v) is 10.2. The third kappa shape index (κ3) is 4.83. The van der Waals surface area contributed by atoms with Crippen molar-refractivity contribution in [2.24, 2.45) is 0 Å². The van der Waals surface area contributed by atoms with E-state index in [-0.39, 0.29) is 17.6 Å². The summed E-state index contributed by atoms with van der Waals surface area (Å²) in [5.74, 6) is 0.769. The van der Waals surface area contributed by atoms with Crippen molar-refractivity contribution < 1.29 is 23.5 Å². The van der Waals surface area contributed by atoms with Gasteiger partial charge in [0.2, 0.25) is 0 Å². The van der Waals surface area contributed by atoms with Gasteiger partial charge in [-0.1, -0.05) is 17.7 Å². The van der Waals surface area contributed by atoms with Gasteiger partial charge in [0.05, 0.1) is 11.3 Å². The summed E-state index contributed by atoms with van der Waals surface area (Å²) in [5, 5.41) is 6.16. The summed E-state index contributed by atoms with van der Waals surface area (Å²) in [7, 11) is 0. The van der Waals surface area contributed by atoms with Crippen molar-refractivity contribution in [3.05, 3.63) is 76.2 Å². The molecule has 31 heavy (non-hydrogen) atoms. The van der Waals surface area contributed by atoms with E-state index in [0.29, 0.717) is 54.0 Å². The van der Waals surface area contributed by atoms with E-state index in [1.54, 1.807) is 30.3 Å². The van der Waals surface area contributed by atoms with Gasteiger partial charge in [0.1, 0.15) is 13.2 Å². The highest BCUT2D eigenvalue weighted by molar-refractivity contribution is 6.32. The number of carbonyl (C=O) groups excluding carboxylic acids is 2. The maximum Gasteiger partial charge on any atom is 0.291 e. The molecular weight excluding hydrogens is 420 g/mol. The number of carbonyl (C=O) groups is 2. The number of halogens is 1. The van der Waals surface area contributed by atoms with Gasteiger partial charge >= 0.3 is 0 Å². The van der Waals surface area contributed by atoms with Gasteiger partial charge in [0, 0.05) is 17.8 Å². The largest absolute Gasteiger partial charge is 0.486 e. The topological polar surface area (TPSA) is 89.8 Å². The molecule has 0 saturated heterocycles. The number of nitrogens with one attached hydrogen (secondary N) is 2. The smallest absolute Gasteiger partial charge is 0.291 e. The number of ether oxygens (including phenoxy) is 2. The first-order chi connectivity index (χ1) is 15.0. The molecule has 2 amide bonds. The van der Waals surface area contributed by atoms with Crippen LogP contribution in [0.15, 0.2) is 53.1 Å². The summed E-state index contributed by atoms with van der Waals surface area (Å²) >= 11 is 6.26. The van der Waals surface area contributed by atoms with Crippen LogP contribution in [0.3, 0.4) is 0 Å². The van der Waals surface area contributed by atoms with Crippen LogP contribution in [0, 0.1) is 6.92 Å². The van der Waals surface area contributed by atoms with E-state index < -0.39 is 0 Å². The Kier molecular flexibility index (Phi) is 6.13. The van der Waals surface area contributed by atoms with Gasteiger partial charge in [0.25, 0.3) is 11.8 Å². The fourth-order valence-electron chi connectivity index (χ4n) is 3.22. The lowest BCUT2D eigenvalue weighted by Crippen LogP contribution is -2.26. The summed E-state index contributed by atoms with van der Waals surface area (Å²) in [6.45, 7) is 3.22. The molecule has 0 bridgehead atoms. The first-order valence-electron chi connectivity index (χ1n) is 9.83. The number of hydrogen-bond donors (Lipinski definition) is 2. The van der Waals surface area contributed by atoms with E-state index in [1.807, 2.05) is 19.1 Å². The van der Waals surface area contributed by atoms with Crippen LogP contribution in [0.1, 0.15) is 32.0 Å². The zero-order chi connectivity index (χ0) is 21.8. The van der Waals surface area contributed by atoms with Gasteiger partial charge in [-0.2, -0.15) is 0 Å². The Bertz CT molecular complexity index is 1110. The van der Waals surface area contributed by atoms with E-state index in [2.05, 4.69) is 10.6 Å². The van der Waals surface area contributed by atoms with Crippen molar-refractivity contribution in [3.63, 3.8) is 0 Å². The minimum atomic E-state index is -0.374. The fraction of sp³-hybridized carbons (Fsp3) is 0.217. The average Bonchev–Trinajstić information content (AvgIpc) is 3.30. The molecule has 1 aliphatic heterocycles. The molecule has 3 aromatic rings. The highest BCUT2D eigenvalue weighted by Crippen LogP contribution is 2.38. The number of fused-ring (bicyclic) bond motifs is 1. The molecule has 0 radical (unpaired) electrons. The quantitative estimate of drug-likeness (QED) is 0.598. The standard InChI is InChI=1S/C23H21ClN2O5/c1-14-4-5-16(13-18(14)26-23(28)19-3-2-8-29-19)22(27)25-7-6-15-11-17(24)21-20(12-15)30-9-10-31-21/h2-5,8,11-13H,6-7,9-10H2,1H3,(H,25,27)(H,26,28). The number of benzene rings is 2. The SMILES string of the molecule is Cc1ccc(C(=O)NCCc2cc(Cl)c3c(c2)OCCO3)cc1NC(=O)c1ccco1. The number of aryl methyl sites for hydroxylation is 1. The van der Waals surface area contributed by atoms with Crippen LogP contribution in [0.2, 0.25) is 5.02 Å². The third-order valence-corrected chi connectivity index (χ3v) is 5.13. The number of anilines is 1. The van der Waals surface area contributed by atoms with E-state index in [1.165, 1.54) is 6.26 Å². The van der Waals surface area contributed by atoms with Crippen LogP contribution >= 0.6 is 11.6 Å². The molecule has 160 valence electrons. The molecule has 0 saturated carbocycles. The highest BCUT2D eigenvalue weighted by atomic mass is 35.5. The molecule has 8 heteroatoms. The molecule has 2 N–H and O–H groups in total. The molecule has 7 nitrogen and oxygen atoms in total. The molecule has 2 heterocycles. The molecule has 1 aliphatic rings. The van der Waals surface area contributed by atoms with Gasteiger partial charge < -0.3 is 24.5 Å². The van der Waals surface area contributed by atoms with Gasteiger partial charge in [-0.25, -0.2) is 0 Å². The van der Waals surface area contributed by atoms with Crippen molar-refractivity contribution in [1.82, 2.24) is 5.32 Å². The predicted molar refractivity (Wildman–Crippen MR) is 116 cm³/mol. The average molecular weight is 441 g/mol. The van der Waals surface area contributed by atoms with Gasteiger partial charge in [-0.3, -0.25) is 9.59 Å². The summed E-state index contributed by atoms with van der Waals surface area (Å²) in [4.78, 5) is 24.8. The molecule has 2 aromatic carbocycles. The normalized spacial score (nSPS) is 12.3. The Labute approximate surface area is 184 Å². The maximum absolute atomic E-state index is 12.6. The number of hydrogen-bond acceptors (Lipinski definition) is 5. The zero-order valence-electron chi connectivity index (χ0n) is 16.9. The van der Waals surface area contributed by atoms with E-state index >= 15 is 0 Å². The molecule has 0 atom stereocenters. The highest BCUT2D eigenvalue weighted by Gasteiger charge is 2.17. The lowest BCUT2D eigenvalue weighted by molar-refractivity contribution is 0.0952. The minimum absolute atomic E-state index is 0.201. The van der Waals surface area contributed by atoms with Crippen LogP contribution in [0.25, 0.3) is 0 Å². The van der Waals surface area contributed by atoms with Crippen molar-refractivity contribution in [3.8, 4) is 11.5 Å². The zero-order valence-corrected chi connectivity index (χ0v) is 17.6. The molecular formula is C23H21ClN2O5. The van der Waals surface area contributed by atoms with E-state index in [0.717, 1.165) is 11.1 Å². The van der Waals surface area contributed by atoms with Crippen LogP contribution in [0.4, 0.5) is 5.69 Å². The van der Waals surface area contributed by atoms with Crippen molar-refractivity contribution in [2.45, 2.75) is 13.3 Å². The summed E-state index contributed by atoms with van der Waals surface area (Å²) in [6.07, 6.45) is 2.01. The van der Waals surface area contributed by atoms with Crippen LogP contribution < -0.4 is 20.1 Å². The number of furan rings is 1. The van der Waals surface area contributed by atoms with E-state index in [9.17, 15) is 9.59 Å².